The number of ketones is 1. The average molecular weight is 441 g/mol. The molecule has 0 bridgehead atoms. The number of rotatable bonds is 2. The van der Waals surface area contributed by atoms with Crippen LogP contribution in [0, 0.1) is 56.7 Å². The Morgan fingerprint density at radius 2 is 1.59 bits per heavy atom. The topological polar surface area (TPSA) is 37.3 Å². The van der Waals surface area contributed by atoms with Crippen molar-refractivity contribution in [3.05, 3.63) is 12.2 Å². The van der Waals surface area contributed by atoms with Crippen molar-refractivity contribution in [1.82, 2.24) is 0 Å². The summed E-state index contributed by atoms with van der Waals surface area (Å²) in [5.41, 5.74) is 2.37. The zero-order valence-corrected chi connectivity index (χ0v) is 21.7. The first-order valence-electron chi connectivity index (χ1n) is 13.7. The van der Waals surface area contributed by atoms with Crippen molar-refractivity contribution in [2.75, 3.05) is 6.61 Å². The summed E-state index contributed by atoms with van der Waals surface area (Å²) in [5.74, 6) is 3.72. The number of fused-ring (bicyclic) bond motifs is 7. The Balaban J connectivity index is 1.54. The van der Waals surface area contributed by atoms with E-state index in [1.165, 1.54) is 51.4 Å². The van der Waals surface area contributed by atoms with E-state index in [1.807, 2.05) is 0 Å². The summed E-state index contributed by atoms with van der Waals surface area (Å²) in [6.45, 7) is 19.5. The first-order chi connectivity index (χ1) is 14.8. The molecule has 5 rings (SSSR count). The molecule has 0 amide bonds. The fourth-order valence-corrected chi connectivity index (χ4v) is 11.3. The van der Waals surface area contributed by atoms with Gasteiger partial charge in [0.25, 0.3) is 0 Å². The zero-order chi connectivity index (χ0) is 23.3. The molecule has 0 saturated heterocycles. The van der Waals surface area contributed by atoms with Gasteiger partial charge < -0.3 is 5.11 Å². The third-order valence-corrected chi connectivity index (χ3v) is 13.3. The van der Waals surface area contributed by atoms with E-state index in [9.17, 15) is 9.90 Å². The minimum atomic E-state index is -0.160. The quantitative estimate of drug-likeness (QED) is 0.461. The highest BCUT2D eigenvalue weighted by atomic mass is 16.3. The summed E-state index contributed by atoms with van der Waals surface area (Å²) >= 11 is 0. The maximum atomic E-state index is 12.9. The van der Waals surface area contributed by atoms with Crippen molar-refractivity contribution in [3.8, 4) is 0 Å². The molecule has 9 atom stereocenters. The second-order valence-electron chi connectivity index (χ2n) is 14.5. The highest BCUT2D eigenvalue weighted by molar-refractivity contribution is 5.85. The third-order valence-electron chi connectivity index (χ3n) is 13.3. The highest BCUT2D eigenvalue weighted by Crippen LogP contribution is 2.77. The Kier molecular flexibility index (Phi) is 5.03. The van der Waals surface area contributed by atoms with Gasteiger partial charge in [-0.05, 0) is 115 Å². The molecule has 180 valence electrons. The SMILES string of the molecule is C=C(CO)C1CC[C@]2(C)CC[C@]3(C)[C@H](CC[C@H]4[C@@]5(C)CCC(=O)C(C)(C)[C@H]5CC[C@]43C)[C@H]12. The van der Waals surface area contributed by atoms with Crippen LogP contribution in [-0.2, 0) is 4.79 Å². The smallest absolute Gasteiger partial charge is 0.138 e. The molecule has 2 heteroatoms. The Bertz CT molecular complexity index is 827. The summed E-state index contributed by atoms with van der Waals surface area (Å²) in [6, 6.07) is 0. The lowest BCUT2D eigenvalue weighted by atomic mass is 9.32. The molecular formula is C30H48O2. The first kappa shape index (κ1) is 23.1. The van der Waals surface area contributed by atoms with E-state index in [0.717, 1.165) is 30.3 Å². The molecule has 5 aliphatic rings. The lowest BCUT2D eigenvalue weighted by Crippen LogP contribution is -2.66. The number of hydrogen-bond acceptors (Lipinski definition) is 2. The van der Waals surface area contributed by atoms with Gasteiger partial charge in [0, 0.05) is 11.8 Å². The van der Waals surface area contributed by atoms with E-state index in [1.54, 1.807) is 0 Å². The van der Waals surface area contributed by atoms with Crippen LogP contribution in [0.1, 0.15) is 106 Å². The molecule has 0 aliphatic heterocycles. The number of hydrogen-bond donors (Lipinski definition) is 1. The van der Waals surface area contributed by atoms with Crippen LogP contribution in [0.25, 0.3) is 0 Å². The molecule has 0 aromatic carbocycles. The van der Waals surface area contributed by atoms with Crippen molar-refractivity contribution >= 4 is 5.78 Å². The minimum absolute atomic E-state index is 0.156. The standard InChI is InChI=1S/C30H48O2/c1-19(18-31)20-10-13-27(4)16-17-29(6)21(25(20)27)8-9-23-28(5)14-12-24(32)26(2,3)22(28)11-15-30(23,29)7/h20-23,25,31H,1,8-18H2,2-7H3/t20?,21-,22-,23+,25+,27-,28+,29-,30-/m1/s1. The Morgan fingerprint density at radius 1 is 0.875 bits per heavy atom. The van der Waals surface area contributed by atoms with Crippen LogP contribution in [0.15, 0.2) is 12.2 Å². The van der Waals surface area contributed by atoms with Gasteiger partial charge in [-0.2, -0.15) is 0 Å². The summed E-state index contributed by atoms with van der Waals surface area (Å²) in [5, 5.41) is 9.97. The van der Waals surface area contributed by atoms with Gasteiger partial charge in [-0.3, -0.25) is 4.79 Å². The minimum Gasteiger partial charge on any atom is -0.392 e. The van der Waals surface area contributed by atoms with E-state index >= 15 is 0 Å². The van der Waals surface area contributed by atoms with Crippen LogP contribution < -0.4 is 0 Å². The van der Waals surface area contributed by atoms with Crippen molar-refractivity contribution in [3.63, 3.8) is 0 Å². The van der Waals surface area contributed by atoms with E-state index in [0.29, 0.717) is 45.2 Å². The van der Waals surface area contributed by atoms with Crippen molar-refractivity contribution in [2.45, 2.75) is 106 Å². The lowest BCUT2D eigenvalue weighted by molar-refractivity contribution is -0.232. The van der Waals surface area contributed by atoms with Gasteiger partial charge in [-0.25, -0.2) is 0 Å². The fourth-order valence-electron chi connectivity index (χ4n) is 11.3. The summed E-state index contributed by atoms with van der Waals surface area (Å²) in [7, 11) is 0. The first-order valence-corrected chi connectivity index (χ1v) is 13.7. The number of carbonyl (C=O) groups is 1. The van der Waals surface area contributed by atoms with Crippen LogP contribution in [0.5, 0.6) is 0 Å². The van der Waals surface area contributed by atoms with Gasteiger partial charge in [-0.1, -0.05) is 48.1 Å². The highest BCUT2D eigenvalue weighted by Gasteiger charge is 2.70. The second kappa shape index (κ2) is 6.96. The monoisotopic (exact) mass is 440 g/mol. The molecule has 2 nitrogen and oxygen atoms in total. The molecule has 5 aliphatic carbocycles. The number of aliphatic hydroxyl groups excluding tert-OH is 1. The molecule has 0 aromatic rings. The zero-order valence-electron chi connectivity index (χ0n) is 21.7. The van der Waals surface area contributed by atoms with Gasteiger partial charge in [0.1, 0.15) is 5.78 Å². The van der Waals surface area contributed by atoms with E-state index in [2.05, 4.69) is 48.1 Å². The van der Waals surface area contributed by atoms with Crippen LogP contribution in [0.2, 0.25) is 0 Å². The Morgan fingerprint density at radius 3 is 2.28 bits per heavy atom. The van der Waals surface area contributed by atoms with Crippen LogP contribution in [-0.4, -0.2) is 17.5 Å². The average Bonchev–Trinajstić information content (AvgIpc) is 3.09. The molecule has 0 heterocycles. The number of aliphatic hydroxyl groups is 1. The number of Topliss-reactive ketones (excluding diaryl/α,β-unsaturated/α-hetero) is 1. The Labute approximate surface area is 197 Å². The van der Waals surface area contributed by atoms with Gasteiger partial charge >= 0.3 is 0 Å². The van der Waals surface area contributed by atoms with Gasteiger partial charge in [-0.15, -0.1) is 0 Å². The molecular weight excluding hydrogens is 392 g/mol. The van der Waals surface area contributed by atoms with E-state index in [-0.39, 0.29) is 12.0 Å². The molecule has 5 fully saturated rings. The summed E-state index contributed by atoms with van der Waals surface area (Å²) < 4.78 is 0. The fraction of sp³-hybridized carbons (Fsp3) is 0.900. The summed E-state index contributed by atoms with van der Waals surface area (Å²) in [4.78, 5) is 12.9. The molecule has 0 radical (unpaired) electrons. The van der Waals surface area contributed by atoms with Crippen LogP contribution in [0.3, 0.4) is 0 Å². The number of carbonyl (C=O) groups excluding carboxylic acids is 1. The van der Waals surface area contributed by atoms with Crippen LogP contribution >= 0.6 is 0 Å². The molecule has 0 aromatic heterocycles. The predicted molar refractivity (Wildman–Crippen MR) is 131 cm³/mol. The molecule has 1 N–H and O–H groups in total. The summed E-state index contributed by atoms with van der Waals surface area (Å²) in [6.07, 6.45) is 12.3. The van der Waals surface area contributed by atoms with Crippen LogP contribution in [0.4, 0.5) is 0 Å². The molecule has 32 heavy (non-hydrogen) atoms. The van der Waals surface area contributed by atoms with Crippen molar-refractivity contribution in [1.29, 1.82) is 0 Å². The lowest BCUT2D eigenvalue weighted by Gasteiger charge is -2.72. The van der Waals surface area contributed by atoms with Crippen molar-refractivity contribution in [2.24, 2.45) is 56.7 Å². The predicted octanol–water partition coefficient (Wildman–Crippen LogP) is 7.21. The van der Waals surface area contributed by atoms with Gasteiger partial charge in [0.15, 0.2) is 0 Å². The van der Waals surface area contributed by atoms with E-state index < -0.39 is 0 Å². The molecule has 0 spiro atoms. The van der Waals surface area contributed by atoms with Gasteiger partial charge in [0.05, 0.1) is 6.61 Å². The third kappa shape index (κ3) is 2.65. The Hall–Kier alpha value is -0.630. The van der Waals surface area contributed by atoms with Crippen molar-refractivity contribution < 1.29 is 9.90 Å². The van der Waals surface area contributed by atoms with Gasteiger partial charge in [0.2, 0.25) is 0 Å². The largest absolute Gasteiger partial charge is 0.392 e. The normalized spacial score (nSPS) is 54.2. The molecule has 1 unspecified atom stereocenters. The second-order valence-corrected chi connectivity index (χ2v) is 14.5. The maximum absolute atomic E-state index is 12.9. The molecule has 5 saturated carbocycles. The maximum Gasteiger partial charge on any atom is 0.138 e. The van der Waals surface area contributed by atoms with E-state index in [4.69, 9.17) is 0 Å².